The van der Waals surface area contributed by atoms with E-state index in [9.17, 15) is 24.3 Å². The molecule has 4 rings (SSSR count). The maximum atomic E-state index is 13.8. The summed E-state index contributed by atoms with van der Waals surface area (Å²) in [6.07, 6.45) is 5.08. The molecule has 3 amide bonds. The van der Waals surface area contributed by atoms with E-state index in [2.05, 4.69) is 31.3 Å². The minimum Gasteiger partial charge on any atom is -0.481 e. The predicted octanol–water partition coefficient (Wildman–Crippen LogP) is 3.33. The van der Waals surface area contributed by atoms with E-state index in [1.54, 1.807) is 9.80 Å². The summed E-state index contributed by atoms with van der Waals surface area (Å²) in [5.41, 5.74) is 9.56. The highest BCUT2D eigenvalue weighted by atomic mass is 16.4. The molecule has 2 aliphatic heterocycles. The fourth-order valence-corrected chi connectivity index (χ4v) is 6.21. The summed E-state index contributed by atoms with van der Waals surface area (Å²) in [6, 6.07) is 15.0. The van der Waals surface area contributed by atoms with Crippen LogP contribution in [0.1, 0.15) is 69.1 Å². The third-order valence-electron chi connectivity index (χ3n) is 8.56. The van der Waals surface area contributed by atoms with Crippen molar-refractivity contribution in [3.8, 4) is 0 Å². The number of nitrogens with two attached hydrogens (primary N) is 1. The van der Waals surface area contributed by atoms with E-state index in [0.29, 0.717) is 57.5 Å². The van der Waals surface area contributed by atoms with Crippen LogP contribution in [0.25, 0.3) is 0 Å². The Morgan fingerprint density at radius 1 is 0.860 bits per heavy atom. The van der Waals surface area contributed by atoms with Crippen LogP contribution in [-0.4, -0.2) is 75.9 Å². The van der Waals surface area contributed by atoms with Gasteiger partial charge in [-0.15, -0.1) is 0 Å². The van der Waals surface area contributed by atoms with Crippen LogP contribution in [0.5, 0.6) is 0 Å². The standard InChI is InChI=1S/C34H46N4O5/c1-23(2)12-13-24-14-16-26(17-15-24)21-28(35)33(42)38-19-7-11-30(38)34(43)37-18-6-10-29(37)32(41)36-27(22-31(39)40)20-25-8-4-3-5-9-25/h3-5,8-9,14-17,23,27-30H,6-7,10-13,18-22,35H2,1-2H3,(H,36,41)(H,39,40)/t27-,28-,29-,30-/m0/s1. The molecule has 43 heavy (non-hydrogen) atoms. The number of likely N-dealkylation sites (tertiary alicyclic amines) is 2. The number of aliphatic carboxylic acids is 1. The second-order valence-electron chi connectivity index (χ2n) is 12.4. The van der Waals surface area contributed by atoms with E-state index >= 15 is 0 Å². The highest BCUT2D eigenvalue weighted by molar-refractivity contribution is 5.94. The number of rotatable bonds is 13. The topological polar surface area (TPSA) is 133 Å². The SMILES string of the molecule is CC(C)CCc1ccc(C[C@H](N)C(=O)N2CCC[C@H]2C(=O)N2CCC[C@H]2C(=O)N[C@H](CC(=O)O)Cc2ccccc2)cc1. The molecular weight excluding hydrogens is 544 g/mol. The second kappa shape index (κ2) is 15.1. The summed E-state index contributed by atoms with van der Waals surface area (Å²) < 4.78 is 0. The predicted molar refractivity (Wildman–Crippen MR) is 165 cm³/mol. The maximum Gasteiger partial charge on any atom is 0.305 e. The van der Waals surface area contributed by atoms with E-state index in [1.165, 1.54) is 5.56 Å². The Morgan fingerprint density at radius 3 is 2.12 bits per heavy atom. The lowest BCUT2D eigenvalue weighted by molar-refractivity contribution is -0.147. The summed E-state index contributed by atoms with van der Waals surface area (Å²) in [5.74, 6) is -1.19. The number of hydrogen-bond donors (Lipinski definition) is 3. The maximum absolute atomic E-state index is 13.8. The molecule has 0 spiro atoms. The number of nitrogens with one attached hydrogen (secondary N) is 1. The molecule has 0 aliphatic carbocycles. The number of carbonyl (C=O) groups is 4. The van der Waals surface area contributed by atoms with Crippen molar-refractivity contribution in [2.45, 2.75) is 95.8 Å². The van der Waals surface area contributed by atoms with Crippen LogP contribution in [0.15, 0.2) is 54.6 Å². The number of carboxylic acid groups (broad SMARTS) is 1. The second-order valence-corrected chi connectivity index (χ2v) is 12.4. The molecule has 2 fully saturated rings. The Hall–Kier alpha value is -3.72. The lowest BCUT2D eigenvalue weighted by Gasteiger charge is -2.32. The van der Waals surface area contributed by atoms with Gasteiger partial charge in [-0.1, -0.05) is 68.4 Å². The van der Waals surface area contributed by atoms with Crippen molar-refractivity contribution in [1.29, 1.82) is 0 Å². The van der Waals surface area contributed by atoms with Crippen LogP contribution in [0.2, 0.25) is 0 Å². The third-order valence-corrected chi connectivity index (χ3v) is 8.56. The molecule has 2 saturated heterocycles. The van der Waals surface area contributed by atoms with Crippen molar-refractivity contribution in [3.05, 3.63) is 71.3 Å². The van der Waals surface area contributed by atoms with Crippen LogP contribution >= 0.6 is 0 Å². The van der Waals surface area contributed by atoms with Crippen molar-refractivity contribution in [3.63, 3.8) is 0 Å². The van der Waals surface area contributed by atoms with Crippen molar-refractivity contribution in [1.82, 2.24) is 15.1 Å². The van der Waals surface area contributed by atoms with Gasteiger partial charge >= 0.3 is 5.97 Å². The molecule has 0 unspecified atom stereocenters. The Labute approximate surface area is 254 Å². The average molecular weight is 591 g/mol. The zero-order valence-corrected chi connectivity index (χ0v) is 25.4. The Kier molecular flexibility index (Phi) is 11.3. The van der Waals surface area contributed by atoms with E-state index in [1.807, 2.05) is 42.5 Å². The van der Waals surface area contributed by atoms with Crippen LogP contribution in [0, 0.1) is 5.92 Å². The minimum atomic E-state index is -1.00. The van der Waals surface area contributed by atoms with Crippen molar-refractivity contribution in [2.24, 2.45) is 11.7 Å². The van der Waals surface area contributed by atoms with Gasteiger partial charge in [-0.3, -0.25) is 19.2 Å². The molecule has 2 aliphatic rings. The molecule has 2 aromatic rings. The summed E-state index contributed by atoms with van der Waals surface area (Å²) in [4.78, 5) is 55.3. The van der Waals surface area contributed by atoms with Crippen molar-refractivity contribution in [2.75, 3.05) is 13.1 Å². The quantitative estimate of drug-likeness (QED) is 0.328. The first-order chi connectivity index (χ1) is 20.6. The molecule has 0 aromatic heterocycles. The van der Waals surface area contributed by atoms with E-state index in [-0.39, 0.29) is 24.1 Å². The van der Waals surface area contributed by atoms with Gasteiger partial charge in [0.15, 0.2) is 0 Å². The molecule has 9 heteroatoms. The number of benzene rings is 2. The van der Waals surface area contributed by atoms with E-state index in [4.69, 9.17) is 5.73 Å². The molecule has 2 heterocycles. The van der Waals surface area contributed by atoms with E-state index < -0.39 is 30.1 Å². The molecule has 232 valence electrons. The first-order valence-corrected chi connectivity index (χ1v) is 15.6. The molecule has 0 radical (unpaired) electrons. The monoisotopic (exact) mass is 590 g/mol. The van der Waals surface area contributed by atoms with Gasteiger partial charge < -0.3 is 26.0 Å². The van der Waals surface area contributed by atoms with Gasteiger partial charge in [0, 0.05) is 19.1 Å². The van der Waals surface area contributed by atoms with Gasteiger partial charge in [-0.25, -0.2) is 0 Å². The van der Waals surface area contributed by atoms with Crippen LogP contribution in [0.3, 0.4) is 0 Å². The Balaban J connectivity index is 1.37. The summed E-state index contributed by atoms with van der Waals surface area (Å²) in [5, 5.41) is 12.3. The van der Waals surface area contributed by atoms with Gasteiger partial charge in [0.2, 0.25) is 17.7 Å². The van der Waals surface area contributed by atoms with Crippen LogP contribution in [-0.2, 0) is 38.4 Å². The fraction of sp³-hybridized carbons (Fsp3) is 0.529. The lowest BCUT2D eigenvalue weighted by Crippen LogP contribution is -2.56. The molecule has 2 aromatic carbocycles. The number of hydrogen-bond acceptors (Lipinski definition) is 5. The van der Waals surface area contributed by atoms with Gasteiger partial charge in [0.1, 0.15) is 12.1 Å². The largest absolute Gasteiger partial charge is 0.481 e. The summed E-state index contributed by atoms with van der Waals surface area (Å²) >= 11 is 0. The highest BCUT2D eigenvalue weighted by Crippen LogP contribution is 2.26. The lowest BCUT2D eigenvalue weighted by atomic mass is 9.99. The average Bonchev–Trinajstić information content (AvgIpc) is 3.67. The van der Waals surface area contributed by atoms with Gasteiger partial charge in [-0.05, 0) is 74.0 Å². The summed E-state index contributed by atoms with van der Waals surface area (Å²) in [7, 11) is 0. The number of carbonyl (C=O) groups excluding carboxylic acids is 3. The minimum absolute atomic E-state index is 0.217. The number of aryl methyl sites for hydroxylation is 1. The number of carboxylic acids is 1. The summed E-state index contributed by atoms with van der Waals surface area (Å²) in [6.45, 7) is 5.30. The molecule has 9 nitrogen and oxygen atoms in total. The van der Waals surface area contributed by atoms with Crippen LogP contribution in [0.4, 0.5) is 0 Å². The smallest absolute Gasteiger partial charge is 0.305 e. The first-order valence-electron chi connectivity index (χ1n) is 15.6. The zero-order valence-electron chi connectivity index (χ0n) is 25.4. The Morgan fingerprint density at radius 2 is 1.47 bits per heavy atom. The Bertz CT molecular complexity index is 1250. The third kappa shape index (κ3) is 8.89. The molecular formula is C34H46N4O5. The van der Waals surface area contributed by atoms with Crippen LogP contribution < -0.4 is 11.1 Å². The molecule has 0 saturated carbocycles. The zero-order chi connectivity index (χ0) is 30.9. The van der Waals surface area contributed by atoms with Gasteiger partial charge in [-0.2, -0.15) is 0 Å². The van der Waals surface area contributed by atoms with E-state index in [0.717, 1.165) is 24.0 Å². The fourth-order valence-electron chi connectivity index (χ4n) is 6.21. The molecule has 0 bridgehead atoms. The normalized spacial score (nSPS) is 19.8. The van der Waals surface area contributed by atoms with Crippen molar-refractivity contribution >= 4 is 23.7 Å². The van der Waals surface area contributed by atoms with Crippen molar-refractivity contribution < 1.29 is 24.3 Å². The van der Waals surface area contributed by atoms with Gasteiger partial charge in [0.05, 0.1) is 12.5 Å². The number of nitrogens with zero attached hydrogens (tertiary/aromatic N) is 2. The molecule has 4 atom stereocenters. The highest BCUT2D eigenvalue weighted by Gasteiger charge is 2.43. The molecule has 4 N–H and O–H groups in total. The number of amides is 3. The van der Waals surface area contributed by atoms with Gasteiger partial charge in [0.25, 0.3) is 0 Å². The first kappa shape index (κ1) is 32.2.